The van der Waals surface area contributed by atoms with Crippen LogP contribution in [0.3, 0.4) is 0 Å². The Labute approximate surface area is 157 Å². The fraction of sp³-hybridized carbons (Fsp3) is 0.250. The van der Waals surface area contributed by atoms with Gasteiger partial charge in [0.25, 0.3) is 0 Å². The first-order valence-corrected chi connectivity index (χ1v) is 8.81. The molecule has 0 spiro atoms. The number of fused-ring (bicyclic) bond motifs is 1. The van der Waals surface area contributed by atoms with Crippen molar-refractivity contribution in [2.45, 2.75) is 19.4 Å². The molecule has 0 bridgehead atoms. The highest BCUT2D eigenvalue weighted by Gasteiger charge is 2.25. The molecule has 0 radical (unpaired) electrons. The second-order valence-electron chi connectivity index (χ2n) is 6.26. The molecule has 0 saturated heterocycles. The third-order valence-electron chi connectivity index (χ3n) is 4.75. The molecule has 4 rings (SSSR count). The Morgan fingerprint density at radius 1 is 1.04 bits per heavy atom. The van der Waals surface area contributed by atoms with Gasteiger partial charge >= 0.3 is 0 Å². The summed E-state index contributed by atoms with van der Waals surface area (Å²) in [7, 11) is 3.25. The van der Waals surface area contributed by atoms with Crippen LogP contribution >= 0.6 is 0 Å². The van der Waals surface area contributed by atoms with Crippen molar-refractivity contribution in [3.8, 4) is 11.5 Å². The van der Waals surface area contributed by atoms with Crippen LogP contribution in [0, 0.1) is 0 Å². The number of anilines is 1. The summed E-state index contributed by atoms with van der Waals surface area (Å²) in [6.45, 7) is 2.15. The second-order valence-corrected chi connectivity index (χ2v) is 6.26. The smallest absolute Gasteiger partial charge is 0.248 e. The van der Waals surface area contributed by atoms with E-state index >= 15 is 0 Å². The highest BCUT2D eigenvalue weighted by atomic mass is 16.5. The average Bonchev–Trinajstić information content (AvgIpc) is 3.21. The molecule has 2 aromatic carbocycles. The largest absolute Gasteiger partial charge is 0.493 e. The van der Waals surface area contributed by atoms with Gasteiger partial charge in [-0.2, -0.15) is 4.68 Å². The number of tetrazole rings is 1. The van der Waals surface area contributed by atoms with Gasteiger partial charge in [-0.3, -0.25) is 0 Å². The number of hydrogen-bond donors (Lipinski definition) is 1. The van der Waals surface area contributed by atoms with E-state index in [4.69, 9.17) is 9.47 Å². The van der Waals surface area contributed by atoms with E-state index in [1.807, 2.05) is 18.2 Å². The Kier molecular flexibility index (Phi) is 4.50. The molecule has 0 amide bonds. The van der Waals surface area contributed by atoms with E-state index in [1.165, 1.54) is 5.56 Å². The Bertz CT molecular complexity index is 978. The number of methoxy groups -OCH3 is 2. The van der Waals surface area contributed by atoms with Gasteiger partial charge in [-0.05, 0) is 51.7 Å². The quantitative estimate of drug-likeness (QED) is 0.750. The number of benzene rings is 2. The number of hydrogen-bond acceptors (Lipinski definition) is 6. The second kappa shape index (κ2) is 7.11. The zero-order valence-corrected chi connectivity index (χ0v) is 15.5. The third kappa shape index (κ3) is 3.12. The van der Waals surface area contributed by atoms with Crippen LogP contribution in [-0.2, 0) is 6.42 Å². The monoisotopic (exact) mass is 363 g/mol. The molecule has 1 aromatic heterocycles. The Balaban J connectivity index is 1.77. The fourth-order valence-corrected chi connectivity index (χ4v) is 3.22. The minimum Gasteiger partial charge on any atom is -0.493 e. The first kappa shape index (κ1) is 17.1. The topological polar surface area (TPSA) is 74.1 Å². The zero-order valence-electron chi connectivity index (χ0n) is 15.5. The van der Waals surface area contributed by atoms with Gasteiger partial charge in [-0.15, -0.1) is 0 Å². The Hall–Kier alpha value is -3.35. The van der Waals surface area contributed by atoms with Crippen LogP contribution in [0.5, 0.6) is 11.5 Å². The molecule has 1 aliphatic rings. The third-order valence-corrected chi connectivity index (χ3v) is 4.75. The summed E-state index contributed by atoms with van der Waals surface area (Å²) in [6.07, 6.45) is 3.13. The lowest BCUT2D eigenvalue weighted by molar-refractivity contribution is 0.354. The lowest BCUT2D eigenvalue weighted by atomic mass is 10.0. The van der Waals surface area contributed by atoms with Crippen molar-refractivity contribution in [2.24, 2.45) is 0 Å². The maximum atomic E-state index is 5.45. The fourth-order valence-electron chi connectivity index (χ4n) is 3.22. The van der Waals surface area contributed by atoms with Gasteiger partial charge in [0.05, 0.1) is 14.2 Å². The van der Waals surface area contributed by atoms with E-state index in [2.05, 4.69) is 58.1 Å². The molecule has 27 heavy (non-hydrogen) atoms. The van der Waals surface area contributed by atoms with Gasteiger partial charge in [0.1, 0.15) is 6.04 Å². The van der Waals surface area contributed by atoms with Crippen molar-refractivity contribution in [3.05, 3.63) is 65.2 Å². The summed E-state index contributed by atoms with van der Waals surface area (Å²) >= 11 is 0. The van der Waals surface area contributed by atoms with Gasteiger partial charge in [0.2, 0.25) is 5.95 Å². The van der Waals surface area contributed by atoms with Gasteiger partial charge < -0.3 is 14.8 Å². The van der Waals surface area contributed by atoms with Crippen molar-refractivity contribution in [3.63, 3.8) is 0 Å². The molecule has 1 atom stereocenters. The van der Waals surface area contributed by atoms with Gasteiger partial charge in [0.15, 0.2) is 11.5 Å². The lowest BCUT2D eigenvalue weighted by Gasteiger charge is -2.24. The number of aryl methyl sites for hydroxylation is 1. The lowest BCUT2D eigenvalue weighted by Crippen LogP contribution is -2.20. The molecule has 138 valence electrons. The van der Waals surface area contributed by atoms with Crippen LogP contribution in [-0.4, -0.2) is 34.4 Å². The highest BCUT2D eigenvalue weighted by molar-refractivity contribution is 5.77. The minimum atomic E-state index is -0.156. The van der Waals surface area contributed by atoms with Crippen LogP contribution in [0.1, 0.15) is 29.7 Å². The molecular formula is C20H21N5O2. The normalized spacial score (nSPS) is 15.5. The molecule has 1 aliphatic heterocycles. The Morgan fingerprint density at radius 3 is 2.52 bits per heavy atom. The van der Waals surface area contributed by atoms with E-state index in [9.17, 15) is 0 Å². The molecule has 7 heteroatoms. The standard InChI is InChI=1S/C20H21N5O2/c1-4-13-5-7-14(8-6-13)16-12-17(25-20(21-16)22-23-24-25)15-9-10-18(26-2)19(11-15)27-3/h5-12,17H,4H2,1-3H3,(H,21,22,24). The van der Waals surface area contributed by atoms with Crippen molar-refractivity contribution in [1.82, 2.24) is 20.2 Å². The van der Waals surface area contributed by atoms with E-state index in [1.54, 1.807) is 18.9 Å². The minimum absolute atomic E-state index is 0.156. The van der Waals surface area contributed by atoms with Gasteiger partial charge in [-0.25, -0.2) is 0 Å². The molecular weight excluding hydrogens is 342 g/mol. The van der Waals surface area contributed by atoms with Crippen LogP contribution in [0.2, 0.25) is 0 Å². The molecule has 0 fully saturated rings. The van der Waals surface area contributed by atoms with Crippen molar-refractivity contribution >= 4 is 11.6 Å². The summed E-state index contributed by atoms with van der Waals surface area (Å²) in [5.74, 6) is 1.96. The van der Waals surface area contributed by atoms with Crippen LogP contribution < -0.4 is 14.8 Å². The number of ether oxygens (including phenoxy) is 2. The van der Waals surface area contributed by atoms with Gasteiger partial charge in [0, 0.05) is 5.70 Å². The van der Waals surface area contributed by atoms with Gasteiger partial charge in [-0.1, -0.05) is 42.4 Å². The van der Waals surface area contributed by atoms with Crippen molar-refractivity contribution < 1.29 is 9.47 Å². The zero-order chi connectivity index (χ0) is 18.8. The molecule has 0 saturated carbocycles. The summed E-state index contributed by atoms with van der Waals surface area (Å²) in [5, 5.41) is 15.4. The predicted octanol–water partition coefficient (Wildman–Crippen LogP) is 3.31. The van der Waals surface area contributed by atoms with E-state index in [-0.39, 0.29) is 6.04 Å². The molecule has 1 N–H and O–H groups in total. The van der Waals surface area contributed by atoms with Crippen LogP contribution in [0.4, 0.5) is 5.95 Å². The summed E-state index contributed by atoms with van der Waals surface area (Å²) in [5.41, 5.74) is 4.37. The SMILES string of the molecule is CCc1ccc(C2=CC(c3ccc(OC)c(OC)c3)n3nnnc3N2)cc1. The van der Waals surface area contributed by atoms with E-state index in [0.717, 1.165) is 23.2 Å². The molecule has 0 aliphatic carbocycles. The van der Waals surface area contributed by atoms with Crippen LogP contribution in [0.25, 0.3) is 5.70 Å². The summed E-state index contributed by atoms with van der Waals surface area (Å²) < 4.78 is 12.6. The molecule has 3 aromatic rings. The highest BCUT2D eigenvalue weighted by Crippen LogP contribution is 2.36. The number of allylic oxidation sites excluding steroid dienone is 1. The Morgan fingerprint density at radius 2 is 1.81 bits per heavy atom. The number of aromatic nitrogens is 4. The average molecular weight is 363 g/mol. The number of nitrogens with zero attached hydrogens (tertiary/aromatic N) is 4. The van der Waals surface area contributed by atoms with E-state index < -0.39 is 0 Å². The molecule has 1 unspecified atom stereocenters. The first-order valence-electron chi connectivity index (χ1n) is 8.81. The maximum Gasteiger partial charge on any atom is 0.248 e. The van der Waals surface area contributed by atoms with Crippen molar-refractivity contribution in [2.75, 3.05) is 19.5 Å². The predicted molar refractivity (Wildman–Crippen MR) is 103 cm³/mol. The molecule has 2 heterocycles. The number of nitrogens with one attached hydrogen (secondary N) is 1. The summed E-state index contributed by atoms with van der Waals surface area (Å²) in [4.78, 5) is 0. The first-order chi connectivity index (χ1) is 13.2. The summed E-state index contributed by atoms with van der Waals surface area (Å²) in [6, 6.07) is 14.2. The number of rotatable bonds is 5. The van der Waals surface area contributed by atoms with E-state index in [0.29, 0.717) is 17.4 Å². The maximum absolute atomic E-state index is 5.45. The molecule has 7 nitrogen and oxygen atoms in total. The van der Waals surface area contributed by atoms with Crippen molar-refractivity contribution in [1.29, 1.82) is 0 Å². The van der Waals surface area contributed by atoms with Crippen LogP contribution in [0.15, 0.2) is 48.5 Å².